The fourth-order valence-electron chi connectivity index (χ4n) is 4.24. The van der Waals surface area contributed by atoms with E-state index in [-0.39, 0.29) is 10.8 Å². The molecule has 170 valence electrons. The zero-order valence-corrected chi connectivity index (χ0v) is 20.1. The third-order valence-corrected chi connectivity index (χ3v) is 8.31. The van der Waals surface area contributed by atoms with Gasteiger partial charge in [-0.3, -0.25) is 4.79 Å². The van der Waals surface area contributed by atoms with Crippen LogP contribution in [0, 0.1) is 13.8 Å². The van der Waals surface area contributed by atoms with E-state index in [9.17, 15) is 13.2 Å². The molecule has 2 heterocycles. The van der Waals surface area contributed by atoms with Crippen LogP contribution in [0.25, 0.3) is 0 Å². The molecule has 3 rings (SSSR count). The molecule has 1 aromatic carbocycles. The summed E-state index contributed by atoms with van der Waals surface area (Å²) in [5.41, 5.74) is 3.59. The van der Waals surface area contributed by atoms with Gasteiger partial charge in [0.25, 0.3) is 5.91 Å². The average molecular weight is 447 g/mol. The summed E-state index contributed by atoms with van der Waals surface area (Å²) in [4.78, 5) is 15.3. The Balaban J connectivity index is 1.83. The minimum atomic E-state index is -3.63. The lowest BCUT2D eigenvalue weighted by molar-refractivity contribution is 0.0942. The number of carbonyl (C=O) groups excluding carboxylic acids is 1. The van der Waals surface area contributed by atoms with Gasteiger partial charge in [0.2, 0.25) is 10.0 Å². The number of nitrogens with zero attached hydrogens (tertiary/aromatic N) is 3. The molecule has 0 saturated carbocycles. The molecule has 0 bridgehead atoms. The summed E-state index contributed by atoms with van der Waals surface area (Å²) < 4.78 is 30.1. The molecule has 7 nitrogen and oxygen atoms in total. The van der Waals surface area contributed by atoms with Gasteiger partial charge in [-0.1, -0.05) is 25.0 Å². The number of anilines is 1. The van der Waals surface area contributed by atoms with Crippen molar-refractivity contribution < 1.29 is 13.2 Å². The van der Waals surface area contributed by atoms with Gasteiger partial charge in [-0.2, -0.15) is 4.31 Å². The Bertz CT molecular complexity index is 1030. The van der Waals surface area contributed by atoms with Crippen LogP contribution in [-0.2, 0) is 23.6 Å². The van der Waals surface area contributed by atoms with Crippen LogP contribution in [0.15, 0.2) is 29.2 Å². The van der Waals surface area contributed by atoms with Crippen LogP contribution in [0.5, 0.6) is 0 Å². The van der Waals surface area contributed by atoms with Crippen molar-refractivity contribution in [2.75, 3.05) is 32.1 Å². The molecule has 1 aromatic heterocycles. The standard InChI is InChI=1S/C23H34N4O3S/c1-17-21(23(28)24-16-19-10-12-20(13-11-19)25(3)4)26(5)18(2)22(17)31(29,30)27-14-8-6-7-9-15-27/h10-13H,6-9,14-16H2,1-5H3,(H,24,28). The molecule has 0 unspecified atom stereocenters. The maximum atomic E-state index is 13.4. The Morgan fingerprint density at radius 3 is 2.16 bits per heavy atom. The van der Waals surface area contributed by atoms with Gasteiger partial charge in [0, 0.05) is 57.7 Å². The molecule has 1 aliphatic heterocycles. The normalized spacial score (nSPS) is 15.5. The molecule has 0 radical (unpaired) electrons. The number of amides is 1. The highest BCUT2D eigenvalue weighted by atomic mass is 32.2. The molecule has 1 aliphatic rings. The van der Waals surface area contributed by atoms with Crippen molar-refractivity contribution in [3.05, 3.63) is 46.8 Å². The summed E-state index contributed by atoms with van der Waals surface area (Å²) in [5, 5.41) is 2.95. The van der Waals surface area contributed by atoms with Gasteiger partial charge in [-0.25, -0.2) is 8.42 Å². The van der Waals surface area contributed by atoms with Gasteiger partial charge in [-0.15, -0.1) is 0 Å². The van der Waals surface area contributed by atoms with E-state index in [4.69, 9.17) is 0 Å². The fourth-order valence-corrected chi connectivity index (χ4v) is 6.23. The van der Waals surface area contributed by atoms with E-state index in [1.165, 1.54) is 0 Å². The third kappa shape index (κ3) is 4.80. The molecule has 8 heteroatoms. The van der Waals surface area contributed by atoms with Crippen molar-refractivity contribution in [2.24, 2.45) is 7.05 Å². The van der Waals surface area contributed by atoms with E-state index in [1.54, 1.807) is 29.8 Å². The molecular formula is C23H34N4O3S. The molecule has 0 aliphatic carbocycles. The van der Waals surface area contributed by atoms with E-state index >= 15 is 0 Å². The first-order valence-corrected chi connectivity index (χ1v) is 12.3. The second-order valence-corrected chi connectivity index (χ2v) is 10.4. The zero-order chi connectivity index (χ0) is 22.8. The van der Waals surface area contributed by atoms with Crippen LogP contribution in [0.1, 0.15) is 53.0 Å². The summed E-state index contributed by atoms with van der Waals surface area (Å²) in [6.45, 7) is 4.97. The first-order chi connectivity index (χ1) is 14.6. The lowest BCUT2D eigenvalue weighted by Crippen LogP contribution is -2.32. The van der Waals surface area contributed by atoms with Crippen LogP contribution in [0.2, 0.25) is 0 Å². The minimum Gasteiger partial charge on any atom is -0.378 e. The SMILES string of the molecule is Cc1c(S(=O)(=O)N2CCCCCC2)c(C)n(C)c1C(=O)NCc1ccc(N(C)C)cc1. The molecule has 1 fully saturated rings. The lowest BCUT2D eigenvalue weighted by Gasteiger charge is -2.20. The molecule has 2 aromatic rings. The van der Waals surface area contributed by atoms with E-state index in [1.807, 2.05) is 43.3 Å². The molecule has 1 N–H and O–H groups in total. The second-order valence-electron chi connectivity index (χ2n) is 8.51. The van der Waals surface area contributed by atoms with Crippen LogP contribution >= 0.6 is 0 Å². The topological polar surface area (TPSA) is 74.6 Å². The Morgan fingerprint density at radius 1 is 1.03 bits per heavy atom. The number of sulfonamides is 1. The Hall–Kier alpha value is -2.32. The number of nitrogens with one attached hydrogen (secondary N) is 1. The van der Waals surface area contributed by atoms with Crippen LogP contribution < -0.4 is 10.2 Å². The Labute approximate surface area is 186 Å². The highest BCUT2D eigenvalue weighted by Crippen LogP contribution is 2.30. The monoisotopic (exact) mass is 446 g/mol. The highest BCUT2D eigenvalue weighted by Gasteiger charge is 2.33. The molecule has 31 heavy (non-hydrogen) atoms. The van der Waals surface area contributed by atoms with Gasteiger partial charge in [0.1, 0.15) is 10.6 Å². The van der Waals surface area contributed by atoms with Crippen LogP contribution in [-0.4, -0.2) is 50.4 Å². The average Bonchev–Trinajstić information content (AvgIpc) is 2.92. The quantitative estimate of drug-likeness (QED) is 0.739. The van der Waals surface area contributed by atoms with Crippen molar-refractivity contribution >= 4 is 21.6 Å². The number of hydrogen-bond donors (Lipinski definition) is 1. The molecule has 0 atom stereocenters. The molecule has 0 spiro atoms. The maximum absolute atomic E-state index is 13.4. The number of rotatable bonds is 6. The van der Waals surface area contributed by atoms with Crippen molar-refractivity contribution in [1.29, 1.82) is 0 Å². The summed E-state index contributed by atoms with van der Waals surface area (Å²) in [7, 11) is 2.08. The summed E-state index contributed by atoms with van der Waals surface area (Å²) in [6, 6.07) is 7.97. The van der Waals surface area contributed by atoms with Gasteiger partial charge < -0.3 is 14.8 Å². The lowest BCUT2D eigenvalue weighted by atomic mass is 10.2. The Kier molecular flexibility index (Phi) is 7.11. The van der Waals surface area contributed by atoms with Gasteiger partial charge >= 0.3 is 0 Å². The minimum absolute atomic E-state index is 0.267. The number of hydrogen-bond acceptors (Lipinski definition) is 4. The largest absolute Gasteiger partial charge is 0.378 e. The van der Waals surface area contributed by atoms with Gasteiger partial charge in [0.05, 0.1) is 0 Å². The second kappa shape index (κ2) is 9.44. The van der Waals surface area contributed by atoms with Crippen LogP contribution in [0.3, 0.4) is 0 Å². The summed E-state index contributed by atoms with van der Waals surface area (Å²) >= 11 is 0. The van der Waals surface area contributed by atoms with E-state index in [0.29, 0.717) is 36.6 Å². The predicted molar refractivity (Wildman–Crippen MR) is 124 cm³/mol. The highest BCUT2D eigenvalue weighted by molar-refractivity contribution is 7.89. The van der Waals surface area contributed by atoms with Crippen molar-refractivity contribution in [2.45, 2.75) is 51.0 Å². The van der Waals surface area contributed by atoms with E-state index in [0.717, 1.165) is 36.9 Å². The maximum Gasteiger partial charge on any atom is 0.268 e. The van der Waals surface area contributed by atoms with Crippen molar-refractivity contribution in [1.82, 2.24) is 14.2 Å². The predicted octanol–water partition coefficient (Wildman–Crippen LogP) is 3.20. The first kappa shape index (κ1) is 23.3. The molecule has 1 amide bonds. The summed E-state index contributed by atoms with van der Waals surface area (Å²) in [6.07, 6.45) is 3.87. The fraction of sp³-hybridized carbons (Fsp3) is 0.522. The zero-order valence-electron chi connectivity index (χ0n) is 19.2. The van der Waals surface area contributed by atoms with Gasteiger partial charge in [0.15, 0.2) is 0 Å². The van der Waals surface area contributed by atoms with Crippen LogP contribution in [0.4, 0.5) is 5.69 Å². The van der Waals surface area contributed by atoms with Crippen molar-refractivity contribution in [3.8, 4) is 0 Å². The van der Waals surface area contributed by atoms with Gasteiger partial charge in [-0.05, 0) is 44.4 Å². The number of aromatic nitrogens is 1. The van der Waals surface area contributed by atoms with E-state index < -0.39 is 10.0 Å². The third-order valence-electron chi connectivity index (χ3n) is 6.15. The van der Waals surface area contributed by atoms with E-state index in [2.05, 4.69) is 5.32 Å². The number of benzene rings is 1. The van der Waals surface area contributed by atoms with Crippen molar-refractivity contribution in [3.63, 3.8) is 0 Å². The first-order valence-electron chi connectivity index (χ1n) is 10.8. The molecule has 1 saturated heterocycles. The smallest absolute Gasteiger partial charge is 0.268 e. The summed E-state index contributed by atoms with van der Waals surface area (Å²) in [5.74, 6) is -0.267. The molecular weight excluding hydrogens is 412 g/mol. The Morgan fingerprint density at radius 2 is 1.61 bits per heavy atom. The number of carbonyl (C=O) groups is 1.